The molecule has 0 radical (unpaired) electrons. The number of hydrogen-bond donors (Lipinski definition) is 1. The van der Waals surface area contributed by atoms with E-state index in [0.29, 0.717) is 12.1 Å². The summed E-state index contributed by atoms with van der Waals surface area (Å²) in [5.74, 6) is 0. The van der Waals surface area contributed by atoms with Gasteiger partial charge in [0.1, 0.15) is 0 Å². The lowest BCUT2D eigenvalue weighted by Crippen LogP contribution is -2.55. The molecule has 0 aromatic carbocycles. The van der Waals surface area contributed by atoms with Crippen molar-refractivity contribution in [3.63, 3.8) is 0 Å². The Hall–Kier alpha value is -0.0800. The number of nitrogens with two attached hydrogens (primary N) is 1. The summed E-state index contributed by atoms with van der Waals surface area (Å²) in [4.78, 5) is 2.69. The van der Waals surface area contributed by atoms with Gasteiger partial charge in [0.05, 0.1) is 0 Å². The lowest BCUT2D eigenvalue weighted by molar-refractivity contribution is 0.0420. The first-order valence-electron chi connectivity index (χ1n) is 5.80. The summed E-state index contributed by atoms with van der Waals surface area (Å²) in [5.41, 5.74) is 6.03. The topological polar surface area (TPSA) is 29.3 Å². The molecule has 1 aliphatic carbocycles. The van der Waals surface area contributed by atoms with Crippen molar-refractivity contribution in [2.75, 3.05) is 6.54 Å². The smallest absolute Gasteiger partial charge is 0.0247 e. The number of piperidine rings is 1. The predicted molar refractivity (Wildman–Crippen MR) is 55.6 cm³/mol. The molecule has 1 aliphatic heterocycles. The molecular weight excluding hydrogens is 160 g/mol. The molecule has 2 nitrogen and oxygen atoms in total. The molecule has 2 aliphatic rings. The summed E-state index contributed by atoms with van der Waals surface area (Å²) in [6.07, 6.45) is 8.38. The maximum absolute atomic E-state index is 6.03. The third-order valence-electron chi connectivity index (χ3n) is 3.74. The van der Waals surface area contributed by atoms with Gasteiger partial charge in [-0.05, 0) is 39.2 Å². The van der Waals surface area contributed by atoms with Gasteiger partial charge >= 0.3 is 0 Å². The second-order valence-corrected chi connectivity index (χ2v) is 4.74. The van der Waals surface area contributed by atoms with Crippen molar-refractivity contribution in [3.05, 3.63) is 0 Å². The van der Waals surface area contributed by atoms with Crippen LogP contribution in [0.25, 0.3) is 0 Å². The Morgan fingerprint density at radius 1 is 1.15 bits per heavy atom. The zero-order valence-electron chi connectivity index (χ0n) is 8.71. The number of rotatable bonds is 2. The van der Waals surface area contributed by atoms with Gasteiger partial charge in [-0.1, -0.05) is 12.8 Å². The van der Waals surface area contributed by atoms with E-state index in [4.69, 9.17) is 5.73 Å². The Morgan fingerprint density at radius 3 is 2.46 bits per heavy atom. The molecule has 2 rings (SSSR count). The summed E-state index contributed by atoms with van der Waals surface area (Å²) in [5, 5.41) is 0. The molecular formula is C11H22N2. The van der Waals surface area contributed by atoms with Crippen LogP contribution in [0.3, 0.4) is 0 Å². The van der Waals surface area contributed by atoms with Gasteiger partial charge in [0.25, 0.3) is 0 Å². The lowest BCUT2D eigenvalue weighted by atomic mass is 9.86. The highest BCUT2D eigenvalue weighted by Gasteiger charge is 2.33. The molecule has 1 heterocycles. The van der Waals surface area contributed by atoms with E-state index in [-0.39, 0.29) is 0 Å². The quantitative estimate of drug-likeness (QED) is 0.705. The molecule has 2 unspecified atom stereocenters. The summed E-state index contributed by atoms with van der Waals surface area (Å²) >= 11 is 0. The molecule has 2 N–H and O–H groups in total. The first-order chi connectivity index (χ1) is 6.29. The van der Waals surface area contributed by atoms with Crippen molar-refractivity contribution in [1.29, 1.82) is 0 Å². The Balaban J connectivity index is 1.95. The highest BCUT2D eigenvalue weighted by molar-refractivity contribution is 4.90. The molecule has 2 fully saturated rings. The van der Waals surface area contributed by atoms with Crippen LogP contribution in [0.5, 0.6) is 0 Å². The highest BCUT2D eigenvalue weighted by Crippen LogP contribution is 2.31. The third kappa shape index (κ3) is 1.89. The summed E-state index contributed by atoms with van der Waals surface area (Å²) < 4.78 is 0. The minimum absolute atomic E-state index is 0.362. The van der Waals surface area contributed by atoms with Crippen LogP contribution in [-0.2, 0) is 0 Å². The average Bonchev–Trinajstić information content (AvgIpc) is 2.02. The minimum atomic E-state index is 0.362. The summed E-state index contributed by atoms with van der Waals surface area (Å²) in [6.45, 7) is 3.47. The number of nitrogens with zero attached hydrogens (tertiary/aromatic N) is 1. The maximum atomic E-state index is 6.03. The van der Waals surface area contributed by atoms with E-state index in [0.717, 1.165) is 6.04 Å². The van der Waals surface area contributed by atoms with Crippen LogP contribution < -0.4 is 5.73 Å². The first kappa shape index (κ1) is 9.47. The summed E-state index contributed by atoms with van der Waals surface area (Å²) in [6, 6.07) is 1.93. The molecule has 2 atom stereocenters. The Kier molecular flexibility index (Phi) is 2.89. The van der Waals surface area contributed by atoms with Gasteiger partial charge in [-0.3, -0.25) is 4.90 Å². The first-order valence-corrected chi connectivity index (χ1v) is 5.80. The van der Waals surface area contributed by atoms with Crippen molar-refractivity contribution in [3.8, 4) is 0 Å². The fourth-order valence-electron chi connectivity index (χ4n) is 2.72. The van der Waals surface area contributed by atoms with Crippen LogP contribution in [-0.4, -0.2) is 29.6 Å². The zero-order chi connectivity index (χ0) is 9.26. The molecule has 0 aromatic rings. The largest absolute Gasteiger partial charge is 0.327 e. The van der Waals surface area contributed by atoms with Gasteiger partial charge in [0.15, 0.2) is 0 Å². The van der Waals surface area contributed by atoms with Gasteiger partial charge in [0.2, 0.25) is 0 Å². The third-order valence-corrected chi connectivity index (χ3v) is 3.74. The normalized spacial score (nSPS) is 34.2. The Morgan fingerprint density at radius 2 is 1.92 bits per heavy atom. The van der Waals surface area contributed by atoms with Crippen molar-refractivity contribution < 1.29 is 0 Å². The van der Waals surface area contributed by atoms with Crippen molar-refractivity contribution in [1.82, 2.24) is 4.90 Å². The Labute approximate surface area is 81.5 Å². The van der Waals surface area contributed by atoms with Crippen molar-refractivity contribution >= 4 is 0 Å². The molecule has 2 heteroatoms. The van der Waals surface area contributed by atoms with Crippen LogP contribution in [0.15, 0.2) is 0 Å². The SMILES string of the molecule is CC(N)C1CCCCN1C1CCC1. The molecule has 0 spiro atoms. The average molecular weight is 182 g/mol. The van der Waals surface area contributed by atoms with Gasteiger partial charge in [0, 0.05) is 18.1 Å². The van der Waals surface area contributed by atoms with E-state index < -0.39 is 0 Å². The summed E-state index contributed by atoms with van der Waals surface area (Å²) in [7, 11) is 0. The zero-order valence-corrected chi connectivity index (χ0v) is 8.71. The van der Waals surface area contributed by atoms with E-state index in [9.17, 15) is 0 Å². The van der Waals surface area contributed by atoms with Crippen LogP contribution >= 0.6 is 0 Å². The highest BCUT2D eigenvalue weighted by atomic mass is 15.2. The monoisotopic (exact) mass is 182 g/mol. The van der Waals surface area contributed by atoms with Gasteiger partial charge in [-0.2, -0.15) is 0 Å². The second kappa shape index (κ2) is 3.97. The van der Waals surface area contributed by atoms with Crippen molar-refractivity contribution in [2.24, 2.45) is 5.73 Å². The standard InChI is InChI=1S/C11H22N2/c1-9(12)11-7-2-3-8-13(11)10-5-4-6-10/h9-11H,2-8,12H2,1H3. The molecule has 0 aromatic heterocycles. The Bertz CT molecular complexity index is 163. The van der Waals surface area contributed by atoms with Gasteiger partial charge in [-0.15, -0.1) is 0 Å². The van der Waals surface area contributed by atoms with Gasteiger partial charge in [-0.25, -0.2) is 0 Å². The van der Waals surface area contributed by atoms with Crippen LogP contribution in [0, 0.1) is 0 Å². The van der Waals surface area contributed by atoms with E-state index in [1.807, 2.05) is 0 Å². The lowest BCUT2D eigenvalue weighted by Gasteiger charge is -2.46. The van der Waals surface area contributed by atoms with Crippen LogP contribution in [0.2, 0.25) is 0 Å². The molecule has 1 saturated heterocycles. The van der Waals surface area contributed by atoms with E-state index in [1.165, 1.54) is 45.1 Å². The maximum Gasteiger partial charge on any atom is 0.0247 e. The van der Waals surface area contributed by atoms with Gasteiger partial charge < -0.3 is 5.73 Å². The minimum Gasteiger partial charge on any atom is -0.327 e. The second-order valence-electron chi connectivity index (χ2n) is 4.74. The van der Waals surface area contributed by atoms with E-state index in [1.54, 1.807) is 0 Å². The van der Waals surface area contributed by atoms with E-state index >= 15 is 0 Å². The predicted octanol–water partition coefficient (Wildman–Crippen LogP) is 1.74. The molecule has 0 bridgehead atoms. The molecule has 76 valence electrons. The van der Waals surface area contributed by atoms with Crippen LogP contribution in [0.1, 0.15) is 45.4 Å². The molecule has 13 heavy (non-hydrogen) atoms. The fraction of sp³-hybridized carbons (Fsp3) is 1.00. The molecule has 1 saturated carbocycles. The number of likely N-dealkylation sites (tertiary alicyclic amines) is 1. The van der Waals surface area contributed by atoms with Crippen LogP contribution in [0.4, 0.5) is 0 Å². The van der Waals surface area contributed by atoms with Crippen molar-refractivity contribution in [2.45, 2.75) is 63.6 Å². The molecule has 0 amide bonds. The fourth-order valence-corrected chi connectivity index (χ4v) is 2.72. The number of hydrogen-bond acceptors (Lipinski definition) is 2. The van der Waals surface area contributed by atoms with E-state index in [2.05, 4.69) is 11.8 Å².